The molecule has 0 bridgehead atoms. The van der Waals surface area contributed by atoms with E-state index in [1.807, 2.05) is 37.5 Å². The van der Waals surface area contributed by atoms with Gasteiger partial charge < -0.3 is 15.0 Å². The number of benzene rings is 2. The lowest BCUT2D eigenvalue weighted by molar-refractivity contribution is 0.102. The van der Waals surface area contributed by atoms with Gasteiger partial charge in [0.2, 0.25) is 5.88 Å². The number of hydrogen-bond donors (Lipinski definition) is 1. The van der Waals surface area contributed by atoms with E-state index in [1.54, 1.807) is 41.3 Å². The molecule has 2 aromatic carbocycles. The van der Waals surface area contributed by atoms with Gasteiger partial charge in [-0.15, -0.1) is 0 Å². The average molecular weight is 549 g/mol. The van der Waals surface area contributed by atoms with Gasteiger partial charge in [-0.3, -0.25) is 19.4 Å². The van der Waals surface area contributed by atoms with Crippen LogP contribution in [-0.4, -0.2) is 73.7 Å². The molecule has 3 aromatic heterocycles. The topological polar surface area (TPSA) is 101 Å². The van der Waals surface area contributed by atoms with Crippen molar-refractivity contribution in [1.82, 2.24) is 34.5 Å². The molecule has 1 aliphatic heterocycles. The van der Waals surface area contributed by atoms with E-state index in [-0.39, 0.29) is 5.91 Å². The number of carbonyl (C=O) groups is 1. The van der Waals surface area contributed by atoms with E-state index in [2.05, 4.69) is 55.2 Å². The molecular weight excluding hydrogens is 516 g/mol. The number of pyridine rings is 1. The number of ether oxygens (including phenoxy) is 1. The van der Waals surface area contributed by atoms with Crippen LogP contribution in [0, 0.1) is 6.92 Å². The number of likely N-dealkylation sites (N-methyl/N-ethyl adjacent to an activating group) is 1. The minimum absolute atomic E-state index is 0.216. The zero-order valence-corrected chi connectivity index (χ0v) is 23.4. The standard InChI is InChI=1S/C31H32N8O2/c1-21-16-25(10-9-24(21)19-39-14-12-37(2)13-15-39)33-30(40)22-6-4-8-26(17-22)41-31-27-20-38(3)36-29(27)34-28(35-31)23-7-5-11-32-18-23/h4-11,16-18,20H,12-15,19H2,1-3H3,(H,33,40). The van der Waals surface area contributed by atoms with Crippen molar-refractivity contribution in [3.8, 4) is 23.0 Å². The number of amides is 1. The molecule has 1 aliphatic rings. The van der Waals surface area contributed by atoms with Crippen molar-refractivity contribution in [2.75, 3.05) is 38.5 Å². The number of nitrogens with zero attached hydrogens (tertiary/aromatic N) is 7. The maximum absolute atomic E-state index is 13.2. The fourth-order valence-corrected chi connectivity index (χ4v) is 4.91. The van der Waals surface area contributed by atoms with Gasteiger partial charge in [0.05, 0.1) is 0 Å². The molecule has 10 heteroatoms. The summed E-state index contributed by atoms with van der Waals surface area (Å²) in [5.41, 5.74) is 4.94. The molecule has 0 atom stereocenters. The van der Waals surface area contributed by atoms with E-state index in [0.717, 1.165) is 49.5 Å². The smallest absolute Gasteiger partial charge is 0.255 e. The third kappa shape index (κ3) is 6.08. The summed E-state index contributed by atoms with van der Waals surface area (Å²) < 4.78 is 7.88. The van der Waals surface area contributed by atoms with Crippen LogP contribution in [0.5, 0.6) is 11.6 Å². The highest BCUT2D eigenvalue weighted by Crippen LogP contribution is 2.30. The van der Waals surface area contributed by atoms with Crippen LogP contribution in [0.15, 0.2) is 73.2 Å². The number of aryl methyl sites for hydroxylation is 2. The minimum Gasteiger partial charge on any atom is -0.438 e. The van der Waals surface area contributed by atoms with Gasteiger partial charge in [-0.1, -0.05) is 12.1 Å². The lowest BCUT2D eigenvalue weighted by Gasteiger charge is -2.32. The first-order valence-electron chi connectivity index (χ1n) is 13.6. The molecule has 0 unspecified atom stereocenters. The third-order valence-corrected chi connectivity index (χ3v) is 7.28. The van der Waals surface area contributed by atoms with Crippen molar-refractivity contribution < 1.29 is 9.53 Å². The number of carbonyl (C=O) groups excluding carboxylic acids is 1. The van der Waals surface area contributed by atoms with Crippen molar-refractivity contribution >= 4 is 22.6 Å². The number of nitrogens with one attached hydrogen (secondary N) is 1. The van der Waals surface area contributed by atoms with Crippen LogP contribution < -0.4 is 10.1 Å². The Bertz CT molecular complexity index is 1690. The van der Waals surface area contributed by atoms with Gasteiger partial charge in [-0.2, -0.15) is 10.1 Å². The van der Waals surface area contributed by atoms with E-state index in [1.165, 1.54) is 5.56 Å². The predicted octanol–water partition coefficient (Wildman–Crippen LogP) is 4.53. The summed E-state index contributed by atoms with van der Waals surface area (Å²) >= 11 is 0. The third-order valence-electron chi connectivity index (χ3n) is 7.28. The van der Waals surface area contributed by atoms with Gasteiger partial charge in [0, 0.05) is 75.2 Å². The normalized spacial score (nSPS) is 14.3. The zero-order chi connectivity index (χ0) is 28.3. The first-order valence-corrected chi connectivity index (χ1v) is 13.6. The van der Waals surface area contributed by atoms with Gasteiger partial charge >= 0.3 is 0 Å². The SMILES string of the molecule is Cc1cc(NC(=O)c2cccc(Oc3nc(-c4cccnc4)nc4nn(C)cc34)c2)ccc1CN1CCN(C)CC1. The summed E-state index contributed by atoms with van der Waals surface area (Å²) in [5.74, 6) is 1.08. The minimum atomic E-state index is -0.216. The summed E-state index contributed by atoms with van der Waals surface area (Å²) in [5, 5.41) is 8.14. The first-order chi connectivity index (χ1) is 19.9. The molecule has 0 aliphatic carbocycles. The van der Waals surface area contributed by atoms with E-state index >= 15 is 0 Å². The molecule has 4 heterocycles. The van der Waals surface area contributed by atoms with Crippen molar-refractivity contribution in [2.45, 2.75) is 13.5 Å². The lowest BCUT2D eigenvalue weighted by Crippen LogP contribution is -2.43. The Hall–Kier alpha value is -4.67. The molecule has 0 spiro atoms. The van der Waals surface area contributed by atoms with Crippen LogP contribution in [0.4, 0.5) is 5.69 Å². The molecule has 5 aromatic rings. The Morgan fingerprint density at radius 3 is 2.63 bits per heavy atom. The van der Waals surface area contributed by atoms with Gasteiger partial charge in [-0.05, 0) is 67.6 Å². The first kappa shape index (κ1) is 26.5. The molecule has 1 N–H and O–H groups in total. The Morgan fingerprint density at radius 1 is 1.00 bits per heavy atom. The van der Waals surface area contributed by atoms with Crippen LogP contribution in [0.25, 0.3) is 22.4 Å². The summed E-state index contributed by atoms with van der Waals surface area (Å²) in [6.07, 6.45) is 5.20. The van der Waals surface area contributed by atoms with Crippen LogP contribution in [0.3, 0.4) is 0 Å². The molecule has 1 amide bonds. The largest absolute Gasteiger partial charge is 0.438 e. The number of anilines is 1. The van der Waals surface area contributed by atoms with Crippen LogP contribution >= 0.6 is 0 Å². The number of rotatable bonds is 7. The Balaban J connectivity index is 1.18. The second-order valence-corrected chi connectivity index (χ2v) is 10.4. The quantitative estimate of drug-likeness (QED) is 0.317. The van der Waals surface area contributed by atoms with E-state index in [9.17, 15) is 4.79 Å². The average Bonchev–Trinajstić information content (AvgIpc) is 3.37. The highest BCUT2D eigenvalue weighted by molar-refractivity contribution is 6.04. The van der Waals surface area contributed by atoms with Gasteiger partial charge in [0.1, 0.15) is 11.1 Å². The maximum atomic E-state index is 13.2. The molecular formula is C31H32N8O2. The van der Waals surface area contributed by atoms with Crippen LogP contribution in [0.2, 0.25) is 0 Å². The van der Waals surface area contributed by atoms with Gasteiger partial charge in [0.15, 0.2) is 11.5 Å². The highest BCUT2D eigenvalue weighted by atomic mass is 16.5. The van der Waals surface area contributed by atoms with E-state index in [0.29, 0.717) is 34.1 Å². The summed E-state index contributed by atoms with van der Waals surface area (Å²) in [6.45, 7) is 7.33. The second-order valence-electron chi connectivity index (χ2n) is 10.4. The lowest BCUT2D eigenvalue weighted by atomic mass is 10.1. The van der Waals surface area contributed by atoms with Crippen LogP contribution in [-0.2, 0) is 13.6 Å². The number of piperazine rings is 1. The molecule has 10 nitrogen and oxygen atoms in total. The highest BCUT2D eigenvalue weighted by Gasteiger charge is 2.17. The molecule has 208 valence electrons. The Labute approximate surface area is 238 Å². The number of fused-ring (bicyclic) bond motifs is 1. The number of aromatic nitrogens is 5. The van der Waals surface area contributed by atoms with Gasteiger partial charge in [-0.25, -0.2) is 4.98 Å². The monoisotopic (exact) mass is 548 g/mol. The van der Waals surface area contributed by atoms with Crippen molar-refractivity contribution in [2.24, 2.45) is 7.05 Å². The zero-order valence-electron chi connectivity index (χ0n) is 23.4. The van der Waals surface area contributed by atoms with E-state index < -0.39 is 0 Å². The van der Waals surface area contributed by atoms with Crippen LogP contribution in [0.1, 0.15) is 21.5 Å². The molecule has 0 saturated carbocycles. The van der Waals surface area contributed by atoms with Crippen molar-refractivity contribution in [3.05, 3.63) is 89.9 Å². The van der Waals surface area contributed by atoms with Gasteiger partial charge in [0.25, 0.3) is 5.91 Å². The summed E-state index contributed by atoms with van der Waals surface area (Å²) in [6, 6.07) is 16.9. The Morgan fingerprint density at radius 2 is 1.85 bits per heavy atom. The summed E-state index contributed by atoms with van der Waals surface area (Å²) in [4.78, 5) is 31.4. The molecule has 41 heavy (non-hydrogen) atoms. The van der Waals surface area contributed by atoms with Crippen molar-refractivity contribution in [1.29, 1.82) is 0 Å². The molecule has 6 rings (SSSR count). The molecule has 1 fully saturated rings. The molecule has 0 radical (unpaired) electrons. The van der Waals surface area contributed by atoms with E-state index in [4.69, 9.17) is 4.74 Å². The summed E-state index contributed by atoms with van der Waals surface area (Å²) in [7, 11) is 3.98. The fourth-order valence-electron chi connectivity index (χ4n) is 4.91. The Kier molecular flexibility index (Phi) is 7.41. The van der Waals surface area contributed by atoms with Crippen molar-refractivity contribution in [3.63, 3.8) is 0 Å². The number of hydrogen-bond acceptors (Lipinski definition) is 8. The molecule has 1 saturated heterocycles. The predicted molar refractivity (Wildman–Crippen MR) is 158 cm³/mol. The fraction of sp³-hybridized carbons (Fsp3) is 0.258. The second kappa shape index (κ2) is 11.4. The maximum Gasteiger partial charge on any atom is 0.255 e.